The van der Waals surface area contributed by atoms with Gasteiger partial charge >= 0.3 is 0 Å². The molecular weight excluding hydrogens is 224 g/mol. The third kappa shape index (κ3) is 2.96. The van der Waals surface area contributed by atoms with Gasteiger partial charge in [0.15, 0.2) is 0 Å². The van der Waals surface area contributed by atoms with Crippen molar-refractivity contribution in [3.05, 3.63) is 48.3 Å². The van der Waals surface area contributed by atoms with Crippen LogP contribution in [0.25, 0.3) is 0 Å². The summed E-state index contributed by atoms with van der Waals surface area (Å²) in [5.41, 5.74) is 1.27. The van der Waals surface area contributed by atoms with Crippen molar-refractivity contribution in [2.24, 2.45) is 0 Å². The lowest BCUT2D eigenvalue weighted by atomic mass is 10.2. The molecule has 0 saturated heterocycles. The van der Waals surface area contributed by atoms with Crippen molar-refractivity contribution in [3.8, 4) is 0 Å². The lowest BCUT2D eigenvalue weighted by Crippen LogP contribution is -2.19. The van der Waals surface area contributed by atoms with Crippen LogP contribution < -0.4 is 5.32 Å². The van der Waals surface area contributed by atoms with E-state index in [1.807, 2.05) is 24.7 Å². The highest BCUT2D eigenvalue weighted by Gasteiger charge is 2.20. The van der Waals surface area contributed by atoms with E-state index in [0.717, 1.165) is 31.4 Å². The van der Waals surface area contributed by atoms with Crippen LogP contribution in [0.2, 0.25) is 0 Å². The van der Waals surface area contributed by atoms with E-state index in [-0.39, 0.29) is 0 Å². The fourth-order valence-corrected chi connectivity index (χ4v) is 2.03. The van der Waals surface area contributed by atoms with E-state index in [1.54, 1.807) is 0 Å². The molecule has 4 heteroatoms. The molecule has 0 bridgehead atoms. The topological polar surface area (TPSA) is 42.7 Å². The van der Waals surface area contributed by atoms with Gasteiger partial charge in [0.2, 0.25) is 0 Å². The van der Waals surface area contributed by atoms with Crippen LogP contribution in [0.4, 0.5) is 0 Å². The molecule has 0 radical (unpaired) electrons. The zero-order valence-corrected chi connectivity index (χ0v) is 10.4. The number of nitrogens with one attached hydrogen (secondary N) is 1. The minimum Gasteiger partial charge on any atom is -0.334 e. The number of nitrogens with zero attached hydrogens (tertiary/aromatic N) is 3. The van der Waals surface area contributed by atoms with Crippen LogP contribution in [0, 0.1) is 0 Å². The molecule has 4 nitrogen and oxygen atoms in total. The molecule has 94 valence electrons. The van der Waals surface area contributed by atoms with Gasteiger partial charge in [-0.05, 0) is 30.9 Å². The Kier molecular flexibility index (Phi) is 3.37. The zero-order chi connectivity index (χ0) is 12.2. The van der Waals surface area contributed by atoms with E-state index in [9.17, 15) is 0 Å². The van der Waals surface area contributed by atoms with Crippen LogP contribution in [0.1, 0.15) is 24.2 Å². The first-order valence-electron chi connectivity index (χ1n) is 6.54. The number of aromatic nitrogens is 3. The van der Waals surface area contributed by atoms with Gasteiger partial charge in [0.1, 0.15) is 5.82 Å². The molecule has 1 fully saturated rings. The number of pyridine rings is 1. The van der Waals surface area contributed by atoms with Gasteiger partial charge in [0.25, 0.3) is 0 Å². The van der Waals surface area contributed by atoms with Gasteiger partial charge in [0.05, 0.1) is 6.54 Å². The third-order valence-electron chi connectivity index (χ3n) is 3.29. The van der Waals surface area contributed by atoms with Crippen molar-refractivity contribution in [1.29, 1.82) is 0 Å². The van der Waals surface area contributed by atoms with Crippen molar-refractivity contribution in [1.82, 2.24) is 19.9 Å². The summed E-state index contributed by atoms with van der Waals surface area (Å²) in [6.45, 7) is 1.85. The SMILES string of the molecule is c1cncc(CCn2ccnc2CNC2CC2)c1. The highest BCUT2D eigenvalue weighted by Crippen LogP contribution is 2.19. The molecule has 2 aromatic rings. The van der Waals surface area contributed by atoms with Crippen molar-refractivity contribution < 1.29 is 0 Å². The average molecular weight is 242 g/mol. The molecule has 1 N–H and O–H groups in total. The Bertz CT molecular complexity index is 488. The van der Waals surface area contributed by atoms with E-state index < -0.39 is 0 Å². The number of hydrogen-bond acceptors (Lipinski definition) is 3. The second-order valence-corrected chi connectivity index (χ2v) is 4.80. The predicted octanol–water partition coefficient (Wildman–Crippen LogP) is 1.77. The number of rotatable bonds is 6. The average Bonchev–Trinajstić information content (AvgIpc) is 3.14. The molecule has 18 heavy (non-hydrogen) atoms. The maximum absolute atomic E-state index is 4.41. The van der Waals surface area contributed by atoms with Gasteiger partial charge in [-0.1, -0.05) is 6.07 Å². The molecule has 0 aromatic carbocycles. The molecule has 3 rings (SSSR count). The van der Waals surface area contributed by atoms with Gasteiger partial charge in [-0.3, -0.25) is 4.98 Å². The van der Waals surface area contributed by atoms with E-state index in [2.05, 4.69) is 32.1 Å². The lowest BCUT2D eigenvalue weighted by Gasteiger charge is -2.08. The zero-order valence-electron chi connectivity index (χ0n) is 10.4. The Morgan fingerprint density at radius 1 is 1.33 bits per heavy atom. The van der Waals surface area contributed by atoms with Gasteiger partial charge < -0.3 is 9.88 Å². The Balaban J connectivity index is 1.56. The fourth-order valence-electron chi connectivity index (χ4n) is 2.03. The molecule has 1 aliphatic carbocycles. The van der Waals surface area contributed by atoms with Crippen molar-refractivity contribution in [2.75, 3.05) is 0 Å². The van der Waals surface area contributed by atoms with Crippen LogP contribution in [-0.4, -0.2) is 20.6 Å². The number of imidazole rings is 1. The largest absolute Gasteiger partial charge is 0.334 e. The van der Waals surface area contributed by atoms with Gasteiger partial charge in [0, 0.05) is 37.4 Å². The molecule has 2 heterocycles. The molecule has 0 spiro atoms. The van der Waals surface area contributed by atoms with Crippen molar-refractivity contribution >= 4 is 0 Å². The fraction of sp³-hybridized carbons (Fsp3) is 0.429. The Morgan fingerprint density at radius 3 is 3.06 bits per heavy atom. The summed E-state index contributed by atoms with van der Waals surface area (Å²) in [5, 5.41) is 3.50. The molecule has 0 aliphatic heterocycles. The number of aryl methyl sites for hydroxylation is 2. The first-order chi connectivity index (χ1) is 8.92. The van der Waals surface area contributed by atoms with Crippen molar-refractivity contribution in [2.45, 2.75) is 38.4 Å². The van der Waals surface area contributed by atoms with E-state index in [0.29, 0.717) is 0 Å². The smallest absolute Gasteiger partial charge is 0.122 e. The Hall–Kier alpha value is -1.68. The van der Waals surface area contributed by atoms with Crippen LogP contribution in [-0.2, 0) is 19.5 Å². The molecular formula is C14H18N4. The number of hydrogen-bond donors (Lipinski definition) is 1. The predicted molar refractivity (Wildman–Crippen MR) is 70.0 cm³/mol. The maximum atomic E-state index is 4.41. The third-order valence-corrected chi connectivity index (χ3v) is 3.29. The quantitative estimate of drug-likeness (QED) is 0.839. The Morgan fingerprint density at radius 2 is 2.28 bits per heavy atom. The summed E-state index contributed by atoms with van der Waals surface area (Å²) in [6, 6.07) is 4.83. The summed E-state index contributed by atoms with van der Waals surface area (Å²) in [5.74, 6) is 1.13. The normalized spacial score (nSPS) is 14.9. The minimum absolute atomic E-state index is 0.730. The van der Waals surface area contributed by atoms with E-state index in [1.165, 1.54) is 18.4 Å². The molecule has 0 atom stereocenters. The van der Waals surface area contributed by atoms with Gasteiger partial charge in [-0.2, -0.15) is 0 Å². The molecule has 1 saturated carbocycles. The second-order valence-electron chi connectivity index (χ2n) is 4.80. The summed E-state index contributed by atoms with van der Waals surface area (Å²) in [7, 11) is 0. The maximum Gasteiger partial charge on any atom is 0.122 e. The standard InChI is InChI=1S/C14H18N4/c1-2-12(10-15-6-1)5-8-18-9-7-16-14(18)11-17-13-3-4-13/h1-2,6-7,9-10,13,17H,3-5,8,11H2. The summed E-state index contributed by atoms with van der Waals surface area (Å²) < 4.78 is 2.22. The van der Waals surface area contributed by atoms with Gasteiger partial charge in [-0.25, -0.2) is 4.98 Å². The van der Waals surface area contributed by atoms with Crippen molar-refractivity contribution in [3.63, 3.8) is 0 Å². The van der Waals surface area contributed by atoms with E-state index in [4.69, 9.17) is 0 Å². The Labute approximate surface area is 107 Å². The highest BCUT2D eigenvalue weighted by molar-refractivity contribution is 5.08. The minimum atomic E-state index is 0.730. The molecule has 0 amide bonds. The monoisotopic (exact) mass is 242 g/mol. The molecule has 0 unspecified atom stereocenters. The first kappa shape index (κ1) is 11.4. The van der Waals surface area contributed by atoms with Crippen LogP contribution >= 0.6 is 0 Å². The lowest BCUT2D eigenvalue weighted by molar-refractivity contribution is 0.592. The van der Waals surface area contributed by atoms with Crippen LogP contribution in [0.3, 0.4) is 0 Å². The molecule has 2 aromatic heterocycles. The summed E-state index contributed by atoms with van der Waals surface area (Å²) in [4.78, 5) is 8.55. The second kappa shape index (κ2) is 5.31. The van der Waals surface area contributed by atoms with Crippen LogP contribution in [0.15, 0.2) is 36.9 Å². The summed E-state index contributed by atoms with van der Waals surface area (Å²) in [6.07, 6.45) is 11.3. The van der Waals surface area contributed by atoms with Gasteiger partial charge in [-0.15, -0.1) is 0 Å². The highest BCUT2D eigenvalue weighted by atomic mass is 15.1. The van der Waals surface area contributed by atoms with Crippen LogP contribution in [0.5, 0.6) is 0 Å². The molecule has 1 aliphatic rings. The summed E-state index contributed by atoms with van der Waals surface area (Å²) >= 11 is 0. The van der Waals surface area contributed by atoms with E-state index >= 15 is 0 Å². The first-order valence-corrected chi connectivity index (χ1v) is 6.54.